The van der Waals surface area contributed by atoms with Gasteiger partial charge in [-0.15, -0.1) is 0 Å². The van der Waals surface area contributed by atoms with E-state index in [1.165, 1.54) is 0 Å². The van der Waals surface area contributed by atoms with Gasteiger partial charge in [0.25, 0.3) is 0 Å². The summed E-state index contributed by atoms with van der Waals surface area (Å²) in [4.78, 5) is 9.96. The molecule has 0 atom stereocenters. The van der Waals surface area contributed by atoms with Gasteiger partial charge in [0.2, 0.25) is 5.43 Å². The van der Waals surface area contributed by atoms with E-state index in [1.54, 1.807) is 13.1 Å². The highest BCUT2D eigenvalue weighted by Crippen LogP contribution is 1.98. The van der Waals surface area contributed by atoms with Gasteiger partial charge in [0.05, 0.1) is 5.69 Å². The predicted molar refractivity (Wildman–Crippen MR) is 24.6 cm³/mol. The van der Waals surface area contributed by atoms with Gasteiger partial charge in [-0.25, -0.2) is 0 Å². The second-order valence-corrected chi connectivity index (χ2v) is 1.17. The minimum absolute atomic E-state index is 0.137. The number of nitrogens with one attached hydrogen (secondary N) is 1. The van der Waals surface area contributed by atoms with E-state index in [-0.39, 0.29) is 5.43 Å². The van der Waals surface area contributed by atoms with Crippen LogP contribution >= 0.6 is 0 Å². The van der Waals surface area contributed by atoms with Crippen LogP contribution in [-0.2, 0) is 0 Å². The Morgan fingerprint density at radius 2 is 2.33 bits per heavy atom. The zero-order chi connectivity index (χ0) is 4.57. The van der Waals surface area contributed by atoms with E-state index in [4.69, 9.17) is 0 Å². The third-order valence-corrected chi connectivity index (χ3v) is 0.727. The molecule has 0 amide bonds. The molecule has 0 aliphatic carbocycles. The quantitative estimate of drug-likeness (QED) is 0.516. The fraction of sp³-hybridized carbons (Fsp3) is 0.250. The molecule has 0 aliphatic rings. The predicted octanol–water partition coefficient (Wildman–Crippen LogP) is -0.0359. The van der Waals surface area contributed by atoms with Gasteiger partial charge in [-0.1, -0.05) is 0 Å². The van der Waals surface area contributed by atoms with Crippen molar-refractivity contribution in [2.75, 3.05) is 12.4 Å². The lowest BCUT2D eigenvalue weighted by Crippen LogP contribution is -1.83. The lowest BCUT2D eigenvalue weighted by molar-refractivity contribution is 1.60. The van der Waals surface area contributed by atoms with Gasteiger partial charge >= 0.3 is 0 Å². The Morgan fingerprint density at radius 1 is 1.83 bits per heavy atom. The molecule has 0 saturated heterocycles. The first-order valence-electron chi connectivity index (χ1n) is 1.78. The molecule has 32 valence electrons. The van der Waals surface area contributed by atoms with Crippen molar-refractivity contribution < 1.29 is 0 Å². The molecule has 1 aromatic rings. The average molecular weight is 83.1 g/mol. The molecule has 2 nitrogen and oxygen atoms in total. The summed E-state index contributed by atoms with van der Waals surface area (Å²) >= 11 is 0. The second kappa shape index (κ2) is 0.834. The molecular formula is C4H5NO. The third kappa shape index (κ3) is 0.302. The maximum absolute atomic E-state index is 9.96. The van der Waals surface area contributed by atoms with E-state index in [1.807, 2.05) is 0 Å². The van der Waals surface area contributed by atoms with E-state index in [0.717, 1.165) is 5.69 Å². The zero-order valence-electron chi connectivity index (χ0n) is 3.49. The van der Waals surface area contributed by atoms with Crippen LogP contribution in [0.3, 0.4) is 0 Å². The fourth-order valence-electron chi connectivity index (χ4n) is 0.290. The third-order valence-electron chi connectivity index (χ3n) is 0.727. The Balaban J connectivity index is 2.68. The molecule has 1 rings (SSSR count). The van der Waals surface area contributed by atoms with Crippen LogP contribution in [-0.4, -0.2) is 7.05 Å². The van der Waals surface area contributed by atoms with E-state index >= 15 is 0 Å². The summed E-state index contributed by atoms with van der Waals surface area (Å²) in [5, 5.41) is 2.70. The van der Waals surface area contributed by atoms with Gasteiger partial charge in [0.1, 0.15) is 0 Å². The zero-order valence-corrected chi connectivity index (χ0v) is 3.49. The maximum atomic E-state index is 9.96. The van der Waals surface area contributed by atoms with E-state index in [2.05, 4.69) is 5.32 Å². The highest BCUT2D eigenvalue weighted by Gasteiger charge is 2.01. The van der Waals surface area contributed by atoms with Crippen molar-refractivity contribution in [2.24, 2.45) is 0 Å². The van der Waals surface area contributed by atoms with Gasteiger partial charge < -0.3 is 5.32 Å². The molecule has 0 aliphatic heterocycles. The van der Waals surface area contributed by atoms with Crippen molar-refractivity contribution in [3.8, 4) is 0 Å². The second-order valence-electron chi connectivity index (χ2n) is 1.17. The van der Waals surface area contributed by atoms with Crippen LogP contribution in [0.1, 0.15) is 0 Å². The summed E-state index contributed by atoms with van der Waals surface area (Å²) in [6.45, 7) is 0. The van der Waals surface area contributed by atoms with Gasteiger partial charge in [-0.2, -0.15) is 0 Å². The maximum Gasteiger partial charge on any atom is 0.203 e. The van der Waals surface area contributed by atoms with Gasteiger partial charge in [0.15, 0.2) is 0 Å². The molecule has 0 aromatic heterocycles. The highest BCUT2D eigenvalue weighted by atomic mass is 16.1. The highest BCUT2D eigenvalue weighted by molar-refractivity contribution is 5.52. The molecule has 0 saturated carbocycles. The van der Waals surface area contributed by atoms with Crippen molar-refractivity contribution in [3.63, 3.8) is 0 Å². The Labute approximate surface area is 35.5 Å². The lowest BCUT2D eigenvalue weighted by Gasteiger charge is -1.74. The first-order valence-corrected chi connectivity index (χ1v) is 1.78. The molecule has 0 bridgehead atoms. The van der Waals surface area contributed by atoms with Crippen LogP contribution in [0.5, 0.6) is 0 Å². The molecule has 0 unspecified atom stereocenters. The van der Waals surface area contributed by atoms with Crippen molar-refractivity contribution in [2.45, 2.75) is 0 Å². The number of hydrogen-bond acceptors (Lipinski definition) is 2. The first-order chi connectivity index (χ1) is 2.84. The SMILES string of the molecule is CNc1cc1=O. The number of hydrogen-bond donors (Lipinski definition) is 1. The standard InChI is InChI=1S/C4H5NO/c1-5-3-2-4(3)6/h2,5H,1H3. The minimum atomic E-state index is 0.137. The van der Waals surface area contributed by atoms with Gasteiger partial charge in [-0.05, 0) is 0 Å². The van der Waals surface area contributed by atoms with Crippen LogP contribution in [0.25, 0.3) is 0 Å². The minimum Gasteiger partial charge on any atom is -0.385 e. The summed E-state index contributed by atoms with van der Waals surface area (Å²) in [5.41, 5.74) is 0.882. The van der Waals surface area contributed by atoms with E-state index < -0.39 is 0 Å². The Morgan fingerprint density at radius 3 is 2.33 bits per heavy atom. The molecule has 1 aromatic carbocycles. The molecule has 0 spiro atoms. The van der Waals surface area contributed by atoms with Crippen LogP contribution in [0, 0.1) is 0 Å². The van der Waals surface area contributed by atoms with Crippen LogP contribution in [0.15, 0.2) is 10.9 Å². The number of anilines is 1. The average Bonchev–Trinajstić information content (AvgIpc) is 2.19. The Hall–Kier alpha value is -0.790. The summed E-state index contributed by atoms with van der Waals surface area (Å²) < 4.78 is 0. The molecule has 2 heteroatoms. The summed E-state index contributed by atoms with van der Waals surface area (Å²) in [6.07, 6.45) is 0. The topological polar surface area (TPSA) is 29.1 Å². The van der Waals surface area contributed by atoms with Crippen molar-refractivity contribution in [1.29, 1.82) is 0 Å². The van der Waals surface area contributed by atoms with Crippen molar-refractivity contribution in [3.05, 3.63) is 16.3 Å². The van der Waals surface area contributed by atoms with Crippen LogP contribution in [0.2, 0.25) is 0 Å². The Bertz CT molecular complexity index is 150. The lowest BCUT2D eigenvalue weighted by atomic mass is 10.9. The van der Waals surface area contributed by atoms with Crippen molar-refractivity contribution >= 4 is 5.69 Å². The Kier molecular flexibility index (Phi) is 0.473. The normalized spacial score (nSPS) is 9.50. The molecule has 6 heavy (non-hydrogen) atoms. The molecule has 0 fully saturated rings. The monoisotopic (exact) mass is 83.0 g/mol. The molecule has 1 N–H and O–H groups in total. The van der Waals surface area contributed by atoms with Crippen LogP contribution < -0.4 is 10.7 Å². The largest absolute Gasteiger partial charge is 0.385 e. The fourth-order valence-corrected chi connectivity index (χ4v) is 0.290. The van der Waals surface area contributed by atoms with Gasteiger partial charge in [0, 0.05) is 13.1 Å². The molecule has 0 heterocycles. The number of rotatable bonds is 1. The molecular weight excluding hydrogens is 78.0 g/mol. The summed E-state index contributed by atoms with van der Waals surface area (Å²) in [6, 6.07) is 1.56. The van der Waals surface area contributed by atoms with Crippen LogP contribution in [0.4, 0.5) is 5.69 Å². The molecule has 0 radical (unpaired) electrons. The van der Waals surface area contributed by atoms with Gasteiger partial charge in [-0.3, -0.25) is 4.79 Å². The van der Waals surface area contributed by atoms with E-state index in [9.17, 15) is 4.79 Å². The van der Waals surface area contributed by atoms with E-state index in [0.29, 0.717) is 0 Å². The summed E-state index contributed by atoms with van der Waals surface area (Å²) in [5.74, 6) is 0. The first kappa shape index (κ1) is 3.40. The van der Waals surface area contributed by atoms with Crippen molar-refractivity contribution in [1.82, 2.24) is 0 Å². The summed E-state index contributed by atoms with van der Waals surface area (Å²) in [7, 11) is 1.73. The smallest absolute Gasteiger partial charge is 0.203 e.